The molecule has 2 N–H and O–H groups in total. The lowest BCUT2D eigenvalue weighted by Gasteiger charge is -2.06. The second-order valence-electron chi connectivity index (χ2n) is 3.82. The van der Waals surface area contributed by atoms with E-state index in [0.717, 1.165) is 11.1 Å². The maximum Gasteiger partial charge on any atom is 0.186 e. The van der Waals surface area contributed by atoms with Crippen molar-refractivity contribution in [2.45, 2.75) is 13.0 Å². The van der Waals surface area contributed by atoms with Crippen LogP contribution in [0.3, 0.4) is 0 Å². The van der Waals surface area contributed by atoms with Gasteiger partial charge in [-0.05, 0) is 11.1 Å². The molecule has 0 fully saturated rings. The van der Waals surface area contributed by atoms with E-state index >= 15 is 0 Å². The molecule has 88 valence electrons. The van der Waals surface area contributed by atoms with E-state index in [1.807, 2.05) is 24.3 Å². The van der Waals surface area contributed by atoms with Gasteiger partial charge in [0.2, 0.25) is 0 Å². The third-order valence-corrected chi connectivity index (χ3v) is 2.69. The largest absolute Gasteiger partial charge is 0.326 e. The SMILES string of the molecule is Cn1nncc1C(=O)Cc1ccccc1CN. The molecule has 0 saturated carbocycles. The highest BCUT2D eigenvalue weighted by atomic mass is 16.1. The van der Waals surface area contributed by atoms with Gasteiger partial charge in [0.05, 0.1) is 6.20 Å². The highest BCUT2D eigenvalue weighted by Crippen LogP contribution is 2.11. The predicted molar refractivity (Wildman–Crippen MR) is 63.4 cm³/mol. The molecule has 0 unspecified atom stereocenters. The topological polar surface area (TPSA) is 73.8 Å². The minimum absolute atomic E-state index is 0.00148. The van der Waals surface area contributed by atoms with Gasteiger partial charge in [0, 0.05) is 20.0 Å². The standard InChI is InChI=1S/C12H14N4O/c1-16-11(8-14-15-16)12(17)6-9-4-2-3-5-10(9)7-13/h2-5,8H,6-7,13H2,1H3. The van der Waals surface area contributed by atoms with Crippen molar-refractivity contribution in [3.63, 3.8) is 0 Å². The van der Waals surface area contributed by atoms with Gasteiger partial charge >= 0.3 is 0 Å². The van der Waals surface area contributed by atoms with Crippen molar-refractivity contribution in [3.05, 3.63) is 47.3 Å². The number of nitrogens with zero attached hydrogens (tertiary/aromatic N) is 3. The Hall–Kier alpha value is -2.01. The van der Waals surface area contributed by atoms with Crippen molar-refractivity contribution in [2.75, 3.05) is 0 Å². The van der Waals surface area contributed by atoms with Crippen molar-refractivity contribution in [1.82, 2.24) is 15.0 Å². The Balaban J connectivity index is 2.22. The van der Waals surface area contributed by atoms with Crippen molar-refractivity contribution in [3.8, 4) is 0 Å². The molecule has 1 aromatic carbocycles. The quantitative estimate of drug-likeness (QED) is 0.784. The van der Waals surface area contributed by atoms with Gasteiger partial charge in [-0.15, -0.1) is 5.10 Å². The van der Waals surface area contributed by atoms with E-state index in [9.17, 15) is 4.79 Å². The second kappa shape index (κ2) is 4.88. The maximum absolute atomic E-state index is 12.0. The molecule has 0 aliphatic rings. The van der Waals surface area contributed by atoms with Crippen LogP contribution in [0.4, 0.5) is 0 Å². The molecule has 0 amide bonds. The van der Waals surface area contributed by atoms with E-state index in [2.05, 4.69) is 10.3 Å². The molecule has 1 heterocycles. The van der Waals surface area contributed by atoms with Crippen LogP contribution < -0.4 is 5.73 Å². The molecule has 17 heavy (non-hydrogen) atoms. The molecular formula is C12H14N4O. The summed E-state index contributed by atoms with van der Waals surface area (Å²) >= 11 is 0. The van der Waals surface area contributed by atoms with Gasteiger partial charge < -0.3 is 5.73 Å². The predicted octanol–water partition coefficient (Wildman–Crippen LogP) is 0.699. The Morgan fingerprint density at radius 2 is 2.06 bits per heavy atom. The van der Waals surface area contributed by atoms with E-state index in [0.29, 0.717) is 18.7 Å². The van der Waals surface area contributed by atoms with Crippen LogP contribution in [0.15, 0.2) is 30.5 Å². The second-order valence-corrected chi connectivity index (χ2v) is 3.82. The molecule has 0 aliphatic carbocycles. The Bertz CT molecular complexity index is 533. The Labute approximate surface area is 99.2 Å². The average Bonchev–Trinajstić information content (AvgIpc) is 2.76. The summed E-state index contributed by atoms with van der Waals surface area (Å²) in [4.78, 5) is 12.0. The van der Waals surface area contributed by atoms with Crippen molar-refractivity contribution in [2.24, 2.45) is 12.8 Å². The van der Waals surface area contributed by atoms with E-state index in [1.165, 1.54) is 10.9 Å². The number of aryl methyl sites for hydroxylation is 1. The van der Waals surface area contributed by atoms with E-state index in [1.54, 1.807) is 7.05 Å². The van der Waals surface area contributed by atoms with Crippen LogP contribution in [0, 0.1) is 0 Å². The lowest BCUT2D eigenvalue weighted by Crippen LogP contribution is -2.11. The summed E-state index contributed by atoms with van der Waals surface area (Å²) in [5.74, 6) is -0.00148. The first kappa shape index (κ1) is 11.5. The number of hydrogen-bond donors (Lipinski definition) is 1. The van der Waals surface area contributed by atoms with Crippen LogP contribution in [0.2, 0.25) is 0 Å². The van der Waals surface area contributed by atoms with E-state index in [-0.39, 0.29) is 5.78 Å². The number of benzene rings is 1. The zero-order valence-electron chi connectivity index (χ0n) is 9.63. The molecule has 2 aromatic rings. The summed E-state index contributed by atoms with van der Waals surface area (Å²) in [5.41, 5.74) is 8.10. The fourth-order valence-electron chi connectivity index (χ4n) is 1.73. The molecule has 0 bridgehead atoms. The van der Waals surface area contributed by atoms with Gasteiger partial charge in [0.1, 0.15) is 5.69 Å². The van der Waals surface area contributed by atoms with Crippen molar-refractivity contribution in [1.29, 1.82) is 0 Å². The number of hydrogen-bond acceptors (Lipinski definition) is 4. The summed E-state index contributed by atoms with van der Waals surface area (Å²) in [6.45, 7) is 0.438. The fraction of sp³-hybridized carbons (Fsp3) is 0.250. The van der Waals surface area contributed by atoms with E-state index < -0.39 is 0 Å². The highest BCUT2D eigenvalue weighted by molar-refractivity contribution is 5.95. The molecule has 0 radical (unpaired) electrons. The smallest absolute Gasteiger partial charge is 0.186 e. The minimum Gasteiger partial charge on any atom is -0.326 e. The van der Waals surface area contributed by atoms with Crippen LogP contribution in [-0.4, -0.2) is 20.8 Å². The summed E-state index contributed by atoms with van der Waals surface area (Å²) in [5, 5.41) is 7.44. The fourth-order valence-corrected chi connectivity index (χ4v) is 1.73. The first-order chi connectivity index (χ1) is 8.22. The summed E-state index contributed by atoms with van der Waals surface area (Å²) in [6, 6.07) is 7.68. The number of carbonyl (C=O) groups excluding carboxylic acids is 1. The molecule has 0 saturated heterocycles. The summed E-state index contributed by atoms with van der Waals surface area (Å²) < 4.78 is 1.48. The number of nitrogens with two attached hydrogens (primary N) is 1. The number of carbonyl (C=O) groups is 1. The molecule has 1 aromatic heterocycles. The molecule has 0 spiro atoms. The average molecular weight is 230 g/mol. The summed E-state index contributed by atoms with van der Waals surface area (Å²) in [6.07, 6.45) is 1.81. The number of ketones is 1. The molecule has 5 nitrogen and oxygen atoms in total. The lowest BCUT2D eigenvalue weighted by atomic mass is 10.0. The zero-order chi connectivity index (χ0) is 12.3. The molecular weight excluding hydrogens is 216 g/mol. The van der Waals surface area contributed by atoms with Crippen LogP contribution >= 0.6 is 0 Å². The van der Waals surface area contributed by atoms with Crippen LogP contribution in [0.5, 0.6) is 0 Å². The van der Waals surface area contributed by atoms with Gasteiger partial charge in [-0.1, -0.05) is 29.5 Å². The monoisotopic (exact) mass is 230 g/mol. The Kier molecular flexibility index (Phi) is 3.30. The summed E-state index contributed by atoms with van der Waals surface area (Å²) in [7, 11) is 1.70. The first-order valence-electron chi connectivity index (χ1n) is 5.37. The number of rotatable bonds is 4. The van der Waals surface area contributed by atoms with E-state index in [4.69, 9.17) is 5.73 Å². The molecule has 5 heteroatoms. The third kappa shape index (κ3) is 2.39. The van der Waals surface area contributed by atoms with Gasteiger partial charge in [-0.2, -0.15) is 0 Å². The lowest BCUT2D eigenvalue weighted by molar-refractivity contribution is 0.0983. The zero-order valence-corrected chi connectivity index (χ0v) is 9.63. The van der Waals surface area contributed by atoms with Crippen LogP contribution in [0.25, 0.3) is 0 Å². The van der Waals surface area contributed by atoms with Gasteiger partial charge in [0.25, 0.3) is 0 Å². The Morgan fingerprint density at radius 3 is 2.65 bits per heavy atom. The normalized spacial score (nSPS) is 10.5. The third-order valence-electron chi connectivity index (χ3n) is 2.69. The molecule has 2 rings (SSSR count). The van der Waals surface area contributed by atoms with Crippen molar-refractivity contribution >= 4 is 5.78 Å². The van der Waals surface area contributed by atoms with Crippen LogP contribution in [0.1, 0.15) is 21.6 Å². The van der Waals surface area contributed by atoms with Gasteiger partial charge in [-0.3, -0.25) is 4.79 Å². The minimum atomic E-state index is -0.00148. The van der Waals surface area contributed by atoms with Gasteiger partial charge in [-0.25, -0.2) is 4.68 Å². The number of aromatic nitrogens is 3. The first-order valence-corrected chi connectivity index (χ1v) is 5.37. The molecule has 0 aliphatic heterocycles. The van der Waals surface area contributed by atoms with Gasteiger partial charge in [0.15, 0.2) is 5.78 Å². The van der Waals surface area contributed by atoms with Crippen molar-refractivity contribution < 1.29 is 4.79 Å². The van der Waals surface area contributed by atoms with Crippen LogP contribution in [-0.2, 0) is 20.0 Å². The Morgan fingerprint density at radius 1 is 1.35 bits per heavy atom. The maximum atomic E-state index is 12.0. The molecule has 0 atom stereocenters. The number of Topliss-reactive ketones (excluding diaryl/α,β-unsaturated/α-hetero) is 1. The highest BCUT2D eigenvalue weighted by Gasteiger charge is 2.13.